The van der Waals surface area contributed by atoms with Crippen LogP contribution in [0.5, 0.6) is 11.5 Å². The van der Waals surface area contributed by atoms with E-state index in [1.165, 1.54) is 16.7 Å². The second-order valence-electron chi connectivity index (χ2n) is 7.59. The summed E-state index contributed by atoms with van der Waals surface area (Å²) in [6, 6.07) is 27.5. The topological polar surface area (TPSA) is 35.1 Å². The molecular formula is C26H32NO2+. The van der Waals surface area contributed by atoms with E-state index in [4.69, 9.17) is 9.47 Å². The van der Waals surface area contributed by atoms with E-state index in [0.29, 0.717) is 0 Å². The minimum absolute atomic E-state index is 0.179. The van der Waals surface area contributed by atoms with Crippen LogP contribution in [0.4, 0.5) is 0 Å². The molecule has 0 bridgehead atoms. The summed E-state index contributed by atoms with van der Waals surface area (Å²) < 4.78 is 11.5. The van der Waals surface area contributed by atoms with Gasteiger partial charge in [0.25, 0.3) is 0 Å². The number of benzene rings is 3. The molecule has 29 heavy (non-hydrogen) atoms. The van der Waals surface area contributed by atoms with Crippen molar-refractivity contribution in [2.45, 2.75) is 38.8 Å². The van der Waals surface area contributed by atoms with Crippen molar-refractivity contribution in [3.05, 3.63) is 95.6 Å². The number of hydrogen-bond acceptors (Lipinski definition) is 2. The Morgan fingerprint density at radius 1 is 0.828 bits per heavy atom. The van der Waals surface area contributed by atoms with Crippen molar-refractivity contribution >= 4 is 0 Å². The molecule has 152 valence electrons. The van der Waals surface area contributed by atoms with Crippen molar-refractivity contribution in [3.8, 4) is 11.5 Å². The SMILES string of the molecule is COc1ccccc1[C@H](CC[NH2+]Cc1ccccc1)c1ccc(OC(C)C)cc1. The molecule has 0 spiro atoms. The van der Waals surface area contributed by atoms with Crippen molar-refractivity contribution in [1.29, 1.82) is 0 Å². The van der Waals surface area contributed by atoms with Gasteiger partial charge >= 0.3 is 0 Å². The third kappa shape index (κ3) is 6.10. The van der Waals surface area contributed by atoms with Crippen LogP contribution in [0.1, 0.15) is 42.9 Å². The monoisotopic (exact) mass is 390 g/mol. The highest BCUT2D eigenvalue weighted by molar-refractivity contribution is 5.43. The summed E-state index contributed by atoms with van der Waals surface area (Å²) in [6.45, 7) is 6.14. The van der Waals surface area contributed by atoms with Crippen LogP contribution in [-0.4, -0.2) is 19.8 Å². The van der Waals surface area contributed by atoms with Crippen molar-refractivity contribution in [3.63, 3.8) is 0 Å². The van der Waals surface area contributed by atoms with E-state index >= 15 is 0 Å². The van der Waals surface area contributed by atoms with Crippen LogP contribution in [0.25, 0.3) is 0 Å². The van der Waals surface area contributed by atoms with Gasteiger partial charge in [0.05, 0.1) is 19.8 Å². The first kappa shape index (κ1) is 20.9. The van der Waals surface area contributed by atoms with E-state index in [0.717, 1.165) is 31.0 Å². The molecule has 3 aromatic rings. The van der Waals surface area contributed by atoms with Crippen LogP contribution in [0.3, 0.4) is 0 Å². The van der Waals surface area contributed by atoms with E-state index in [2.05, 4.69) is 72.0 Å². The van der Waals surface area contributed by atoms with Crippen LogP contribution in [0.2, 0.25) is 0 Å². The Kier molecular flexibility index (Phi) is 7.71. The fourth-order valence-electron chi connectivity index (χ4n) is 3.67. The average molecular weight is 391 g/mol. The molecule has 0 aliphatic heterocycles. The smallest absolute Gasteiger partial charge is 0.122 e. The van der Waals surface area contributed by atoms with Gasteiger partial charge in [-0.15, -0.1) is 0 Å². The van der Waals surface area contributed by atoms with Gasteiger partial charge < -0.3 is 14.8 Å². The van der Waals surface area contributed by atoms with Crippen LogP contribution >= 0.6 is 0 Å². The molecule has 0 amide bonds. The van der Waals surface area contributed by atoms with Crippen LogP contribution in [-0.2, 0) is 6.54 Å². The highest BCUT2D eigenvalue weighted by atomic mass is 16.5. The van der Waals surface area contributed by atoms with Gasteiger partial charge in [0.2, 0.25) is 0 Å². The first-order valence-corrected chi connectivity index (χ1v) is 10.4. The number of nitrogens with two attached hydrogens (primary N) is 1. The normalized spacial score (nSPS) is 12.0. The quantitative estimate of drug-likeness (QED) is 0.506. The number of para-hydroxylation sites is 1. The van der Waals surface area contributed by atoms with Crippen LogP contribution in [0, 0.1) is 0 Å². The maximum atomic E-state index is 5.82. The second kappa shape index (κ2) is 10.7. The number of ether oxygens (including phenoxy) is 2. The Hall–Kier alpha value is -2.78. The van der Waals surface area contributed by atoms with Crippen molar-refractivity contribution in [1.82, 2.24) is 0 Å². The lowest BCUT2D eigenvalue weighted by Gasteiger charge is -2.20. The molecular weight excluding hydrogens is 358 g/mol. The molecule has 3 aromatic carbocycles. The summed E-state index contributed by atoms with van der Waals surface area (Å²) >= 11 is 0. The predicted octanol–water partition coefficient (Wildman–Crippen LogP) is 4.77. The largest absolute Gasteiger partial charge is 0.496 e. The Bertz CT molecular complexity index is 859. The van der Waals surface area contributed by atoms with Gasteiger partial charge in [-0.3, -0.25) is 0 Å². The molecule has 3 nitrogen and oxygen atoms in total. The van der Waals surface area contributed by atoms with E-state index in [1.807, 2.05) is 26.0 Å². The van der Waals surface area contributed by atoms with E-state index < -0.39 is 0 Å². The standard InChI is InChI=1S/C26H31NO2/c1-20(2)29-23-15-13-22(14-16-23)24(25-11-7-8-12-26(25)28-3)17-18-27-19-21-9-5-4-6-10-21/h4-16,20,24,27H,17-19H2,1-3H3/p+1/t24-/m1/s1. The van der Waals surface area contributed by atoms with Gasteiger partial charge in [0.15, 0.2) is 0 Å². The molecule has 0 aliphatic carbocycles. The molecule has 0 fully saturated rings. The summed E-state index contributed by atoms with van der Waals surface area (Å²) in [4.78, 5) is 0. The Morgan fingerprint density at radius 2 is 1.52 bits per heavy atom. The molecule has 0 aromatic heterocycles. The molecule has 3 rings (SSSR count). The van der Waals surface area contributed by atoms with Gasteiger partial charge in [-0.1, -0.05) is 60.7 Å². The summed E-state index contributed by atoms with van der Waals surface area (Å²) in [6.07, 6.45) is 1.22. The Labute approximate surface area is 174 Å². The predicted molar refractivity (Wildman–Crippen MR) is 119 cm³/mol. The zero-order chi connectivity index (χ0) is 20.5. The first-order chi connectivity index (χ1) is 14.2. The number of hydrogen-bond donors (Lipinski definition) is 1. The highest BCUT2D eigenvalue weighted by Gasteiger charge is 2.19. The van der Waals surface area contributed by atoms with E-state index in [1.54, 1.807) is 7.11 Å². The summed E-state index contributed by atoms with van der Waals surface area (Å²) in [5.41, 5.74) is 3.89. The zero-order valence-corrected chi connectivity index (χ0v) is 17.7. The number of quaternary nitrogens is 1. The number of methoxy groups -OCH3 is 1. The Morgan fingerprint density at radius 3 is 2.21 bits per heavy atom. The third-order valence-corrected chi connectivity index (χ3v) is 5.05. The summed E-state index contributed by atoms with van der Waals surface area (Å²) in [5, 5.41) is 2.38. The molecule has 1 atom stereocenters. The fraction of sp³-hybridized carbons (Fsp3) is 0.308. The number of rotatable bonds is 10. The molecule has 0 unspecified atom stereocenters. The lowest BCUT2D eigenvalue weighted by molar-refractivity contribution is -0.671. The van der Waals surface area contributed by atoms with Crippen molar-refractivity contribution < 1.29 is 14.8 Å². The average Bonchev–Trinajstić information content (AvgIpc) is 2.75. The lowest BCUT2D eigenvalue weighted by Crippen LogP contribution is -2.82. The Balaban J connectivity index is 1.74. The van der Waals surface area contributed by atoms with E-state index in [-0.39, 0.29) is 12.0 Å². The third-order valence-electron chi connectivity index (χ3n) is 5.05. The summed E-state index contributed by atoms with van der Waals surface area (Å²) in [5.74, 6) is 2.15. The van der Waals surface area contributed by atoms with E-state index in [9.17, 15) is 0 Å². The van der Waals surface area contributed by atoms with Gasteiger partial charge in [-0.05, 0) is 37.6 Å². The van der Waals surface area contributed by atoms with Crippen LogP contribution < -0.4 is 14.8 Å². The molecule has 0 radical (unpaired) electrons. The maximum absolute atomic E-state index is 5.82. The van der Waals surface area contributed by atoms with Crippen molar-refractivity contribution in [2.75, 3.05) is 13.7 Å². The van der Waals surface area contributed by atoms with Gasteiger partial charge in [-0.2, -0.15) is 0 Å². The second-order valence-corrected chi connectivity index (χ2v) is 7.59. The maximum Gasteiger partial charge on any atom is 0.122 e. The van der Waals surface area contributed by atoms with Crippen molar-refractivity contribution in [2.24, 2.45) is 0 Å². The first-order valence-electron chi connectivity index (χ1n) is 10.4. The highest BCUT2D eigenvalue weighted by Crippen LogP contribution is 2.34. The molecule has 2 N–H and O–H groups in total. The van der Waals surface area contributed by atoms with Crippen LogP contribution in [0.15, 0.2) is 78.9 Å². The molecule has 3 heteroatoms. The molecule has 0 saturated heterocycles. The van der Waals surface area contributed by atoms with Gasteiger partial charge in [-0.25, -0.2) is 0 Å². The summed E-state index contributed by atoms with van der Waals surface area (Å²) in [7, 11) is 1.75. The minimum Gasteiger partial charge on any atom is -0.496 e. The molecule has 0 heterocycles. The van der Waals surface area contributed by atoms with Gasteiger partial charge in [0.1, 0.15) is 18.0 Å². The zero-order valence-electron chi connectivity index (χ0n) is 17.7. The fourth-order valence-corrected chi connectivity index (χ4v) is 3.67. The van der Waals surface area contributed by atoms with Gasteiger partial charge in [0, 0.05) is 23.5 Å². The lowest BCUT2D eigenvalue weighted by atomic mass is 9.88. The molecule has 0 aliphatic rings. The molecule has 0 saturated carbocycles. The minimum atomic E-state index is 0.179.